The van der Waals surface area contributed by atoms with E-state index >= 15 is 0 Å². The molecule has 0 aromatic rings. The lowest BCUT2D eigenvalue weighted by atomic mass is 10.3. The van der Waals surface area contributed by atoms with E-state index < -0.39 is 11.9 Å². The Morgan fingerprint density at radius 3 is 1.00 bits per heavy atom. The maximum atomic E-state index is 9.64. The summed E-state index contributed by atoms with van der Waals surface area (Å²) in [4.78, 5) is 19.3. The second kappa shape index (κ2) is 16.4. The summed E-state index contributed by atoms with van der Waals surface area (Å²) >= 11 is 0. The van der Waals surface area contributed by atoms with Crippen LogP contribution in [0, 0.1) is 0 Å². The van der Waals surface area contributed by atoms with Crippen molar-refractivity contribution in [2.24, 2.45) is 0 Å². The lowest BCUT2D eigenvalue weighted by molar-refractivity contribution is -0.143. The van der Waals surface area contributed by atoms with Crippen LogP contribution in [-0.4, -0.2) is 22.2 Å². The van der Waals surface area contributed by atoms with E-state index in [1.165, 1.54) is 0 Å². The minimum atomic E-state index is -1.08. The molecule has 0 aliphatic carbocycles. The highest BCUT2D eigenvalue weighted by Gasteiger charge is 2.00. The third-order valence-corrected chi connectivity index (χ3v) is 0.553. The average Bonchev–Trinajstić information content (AvgIpc) is 1.61. The van der Waals surface area contributed by atoms with E-state index in [-0.39, 0.29) is 37.4 Å². The summed E-state index contributed by atoms with van der Waals surface area (Å²) in [5, 5.41) is 15.8. The highest BCUT2D eigenvalue weighted by Crippen LogP contribution is 1.85. The van der Waals surface area contributed by atoms with Crippen molar-refractivity contribution < 1.29 is 19.8 Å². The lowest BCUT2D eigenvalue weighted by Gasteiger charge is -1.85. The Hall–Kier alpha value is -1.22. The van der Waals surface area contributed by atoms with E-state index in [4.69, 9.17) is 10.2 Å². The van der Waals surface area contributed by atoms with E-state index in [9.17, 15) is 9.59 Å². The van der Waals surface area contributed by atoms with Gasteiger partial charge in [0.2, 0.25) is 0 Å². The maximum absolute atomic E-state index is 9.64. The second-order valence-electron chi connectivity index (χ2n) is 1.29. The smallest absolute Gasteiger partial charge is 0.303 e. The Kier molecular flexibility index (Phi) is 42.2. The molecule has 14 N–H and O–H groups in total. The number of carboxylic acids is 2. The summed E-state index contributed by atoms with van der Waals surface area (Å²) in [5.41, 5.74) is 0. The van der Waals surface area contributed by atoms with E-state index in [1.54, 1.807) is 0 Å². The summed E-state index contributed by atoms with van der Waals surface area (Å²) in [7, 11) is 0. The molecule has 0 heterocycles. The van der Waals surface area contributed by atoms with Gasteiger partial charge in [-0.15, -0.1) is 0 Å². The molecule has 8 heteroatoms. The van der Waals surface area contributed by atoms with Crippen LogP contribution in [0.5, 0.6) is 0 Å². The van der Waals surface area contributed by atoms with Crippen LogP contribution in [0.15, 0.2) is 0 Å². The van der Waals surface area contributed by atoms with Crippen LogP contribution in [-0.2, 0) is 9.59 Å². The van der Waals surface area contributed by atoms with Crippen molar-refractivity contribution in [3.05, 3.63) is 0 Å². The van der Waals surface area contributed by atoms with Crippen LogP contribution in [0.25, 0.3) is 0 Å². The van der Waals surface area contributed by atoms with Gasteiger partial charge in [0, 0.05) is 0 Å². The number of hydrogen-bond acceptors (Lipinski definition) is 6. The van der Waals surface area contributed by atoms with Crippen molar-refractivity contribution >= 4 is 11.9 Å². The molecule has 0 spiro atoms. The van der Waals surface area contributed by atoms with Crippen molar-refractivity contribution in [3.63, 3.8) is 0 Å². The molecular formula is C4H18N4O4. The topological polar surface area (TPSA) is 215 Å². The molecule has 0 bridgehead atoms. The van der Waals surface area contributed by atoms with Gasteiger partial charge in [-0.1, -0.05) is 0 Å². The van der Waals surface area contributed by atoms with Crippen LogP contribution in [0.3, 0.4) is 0 Å². The molecule has 0 rings (SSSR count). The lowest BCUT2D eigenvalue weighted by Crippen LogP contribution is -2.00. The van der Waals surface area contributed by atoms with Gasteiger partial charge < -0.3 is 34.8 Å². The van der Waals surface area contributed by atoms with Gasteiger partial charge in [0.05, 0.1) is 12.8 Å². The zero-order chi connectivity index (χ0) is 6.57. The summed E-state index contributed by atoms with van der Waals surface area (Å²) in [6, 6.07) is 0. The van der Waals surface area contributed by atoms with Gasteiger partial charge in [-0.3, -0.25) is 9.59 Å². The molecule has 0 aromatic heterocycles. The minimum Gasteiger partial charge on any atom is -0.481 e. The molecule has 0 saturated heterocycles. The number of hydrogen-bond donors (Lipinski definition) is 6. The molecule has 0 saturated carbocycles. The first-order valence-corrected chi connectivity index (χ1v) is 2.06. The summed E-state index contributed by atoms with van der Waals surface area (Å²) in [6.07, 6.45) is -0.593. The van der Waals surface area contributed by atoms with Crippen LogP contribution < -0.4 is 24.6 Å². The molecule has 0 amide bonds. The predicted octanol–water partition coefficient (Wildman–Crippen LogP) is 0.584. The third kappa shape index (κ3) is 37.2. The first-order valence-electron chi connectivity index (χ1n) is 2.06. The molecule has 0 unspecified atom stereocenters. The van der Waals surface area contributed by atoms with Gasteiger partial charge in [-0.25, -0.2) is 0 Å². The number of carboxylic acid groups (broad SMARTS) is 2. The summed E-state index contributed by atoms with van der Waals surface area (Å²) in [5.74, 6) is -2.15. The number of carbonyl (C=O) groups is 2. The van der Waals surface area contributed by atoms with Gasteiger partial charge in [0.1, 0.15) is 0 Å². The highest BCUT2D eigenvalue weighted by atomic mass is 16.4. The predicted molar refractivity (Wildman–Crippen MR) is 44.6 cm³/mol. The quantitative estimate of drug-likeness (QED) is 0.365. The average molecular weight is 186 g/mol. The molecule has 0 aliphatic rings. The highest BCUT2D eigenvalue weighted by molar-refractivity contribution is 5.75. The van der Waals surface area contributed by atoms with Crippen molar-refractivity contribution in [2.75, 3.05) is 0 Å². The number of rotatable bonds is 3. The standard InChI is InChI=1S/C4H6O4.4H3N/c5-3(6)1-2-4(7)8;;;;/h1-2H2,(H,5,6)(H,7,8);4*1H3. The van der Waals surface area contributed by atoms with Crippen LogP contribution >= 0.6 is 0 Å². The molecule has 0 aliphatic heterocycles. The van der Waals surface area contributed by atoms with Crippen LogP contribution in [0.2, 0.25) is 0 Å². The fraction of sp³-hybridized carbons (Fsp3) is 0.500. The Bertz CT molecular complexity index is 104. The molecule has 12 heavy (non-hydrogen) atoms. The minimum absolute atomic E-state index is 0. The van der Waals surface area contributed by atoms with E-state index in [0.717, 1.165) is 0 Å². The van der Waals surface area contributed by atoms with Crippen molar-refractivity contribution in [3.8, 4) is 0 Å². The van der Waals surface area contributed by atoms with E-state index in [2.05, 4.69) is 0 Å². The van der Waals surface area contributed by atoms with Crippen LogP contribution in [0.1, 0.15) is 12.8 Å². The van der Waals surface area contributed by atoms with Gasteiger partial charge in [-0.2, -0.15) is 0 Å². The monoisotopic (exact) mass is 186 g/mol. The summed E-state index contributed by atoms with van der Waals surface area (Å²) in [6.45, 7) is 0. The normalized spacial score (nSPS) is 5.67. The zero-order valence-electron chi connectivity index (χ0n) is 6.95. The van der Waals surface area contributed by atoms with Gasteiger partial charge >= 0.3 is 11.9 Å². The number of aliphatic carboxylic acids is 2. The first-order chi connectivity index (χ1) is 3.63. The Balaban J connectivity index is -0.0000000408. The fourth-order valence-electron chi connectivity index (χ4n) is 0.214. The molecule has 0 radical (unpaired) electrons. The zero-order valence-corrected chi connectivity index (χ0v) is 6.95. The van der Waals surface area contributed by atoms with Crippen molar-refractivity contribution in [1.82, 2.24) is 24.6 Å². The fourth-order valence-corrected chi connectivity index (χ4v) is 0.214. The molecule has 0 aromatic carbocycles. The van der Waals surface area contributed by atoms with Gasteiger partial charge in [-0.05, 0) is 0 Å². The van der Waals surface area contributed by atoms with Crippen molar-refractivity contribution in [2.45, 2.75) is 12.8 Å². The molecule has 0 atom stereocenters. The van der Waals surface area contributed by atoms with E-state index in [0.29, 0.717) is 0 Å². The van der Waals surface area contributed by atoms with Crippen LogP contribution in [0.4, 0.5) is 0 Å². The second-order valence-corrected chi connectivity index (χ2v) is 1.29. The molecule has 78 valence electrons. The molecule has 8 nitrogen and oxygen atoms in total. The van der Waals surface area contributed by atoms with Gasteiger partial charge in [0.25, 0.3) is 0 Å². The Morgan fingerprint density at radius 1 is 0.750 bits per heavy atom. The Morgan fingerprint density at radius 2 is 0.917 bits per heavy atom. The largest absolute Gasteiger partial charge is 0.481 e. The Labute approximate surface area is 70.3 Å². The third-order valence-electron chi connectivity index (χ3n) is 0.553. The molecule has 0 fully saturated rings. The summed E-state index contributed by atoms with van der Waals surface area (Å²) < 4.78 is 0. The maximum Gasteiger partial charge on any atom is 0.303 e. The SMILES string of the molecule is N.N.N.N.O=C(O)CCC(=O)O. The van der Waals surface area contributed by atoms with Gasteiger partial charge in [0.15, 0.2) is 0 Å². The molecular weight excluding hydrogens is 168 g/mol. The first kappa shape index (κ1) is 30.9. The van der Waals surface area contributed by atoms with E-state index in [1.807, 2.05) is 0 Å². The van der Waals surface area contributed by atoms with Crippen molar-refractivity contribution in [1.29, 1.82) is 0 Å².